The highest BCUT2D eigenvalue weighted by atomic mass is 32.1. The Labute approximate surface area is 119 Å². The minimum Gasteiger partial charge on any atom is -0.389 e. The van der Waals surface area contributed by atoms with E-state index in [1.807, 2.05) is 0 Å². The molecule has 0 bridgehead atoms. The van der Waals surface area contributed by atoms with Gasteiger partial charge in [0.1, 0.15) is 4.99 Å². The minimum absolute atomic E-state index is 0.0434. The zero-order chi connectivity index (χ0) is 14.4. The maximum absolute atomic E-state index is 12.2. The number of rotatable bonds is 3. The molecule has 0 saturated heterocycles. The Kier molecular flexibility index (Phi) is 3.17. The SMILES string of the molecule is CC1(C)C(NC(=O)c2ccc(C(N)=S)cc2)C1(C)C. The van der Waals surface area contributed by atoms with E-state index in [2.05, 4.69) is 33.0 Å². The average Bonchev–Trinajstić information content (AvgIpc) is 2.71. The van der Waals surface area contributed by atoms with E-state index >= 15 is 0 Å². The van der Waals surface area contributed by atoms with E-state index in [9.17, 15) is 4.79 Å². The van der Waals surface area contributed by atoms with Gasteiger partial charge in [-0.3, -0.25) is 4.79 Å². The van der Waals surface area contributed by atoms with Crippen molar-refractivity contribution in [3.8, 4) is 0 Å². The van der Waals surface area contributed by atoms with Gasteiger partial charge in [0.2, 0.25) is 0 Å². The van der Waals surface area contributed by atoms with Gasteiger partial charge >= 0.3 is 0 Å². The second-order valence-corrected chi connectivity index (χ2v) is 6.73. The molecule has 4 heteroatoms. The molecule has 102 valence electrons. The topological polar surface area (TPSA) is 55.1 Å². The van der Waals surface area contributed by atoms with Crippen molar-refractivity contribution in [1.82, 2.24) is 5.32 Å². The van der Waals surface area contributed by atoms with Gasteiger partial charge in [0.05, 0.1) is 0 Å². The average molecular weight is 276 g/mol. The third-order valence-corrected chi connectivity index (χ3v) is 4.96. The van der Waals surface area contributed by atoms with Gasteiger partial charge in [-0.05, 0) is 23.0 Å². The summed E-state index contributed by atoms with van der Waals surface area (Å²) in [5.74, 6) is -0.0434. The maximum atomic E-state index is 12.2. The number of carbonyl (C=O) groups is 1. The summed E-state index contributed by atoms with van der Waals surface area (Å²) >= 11 is 4.89. The quantitative estimate of drug-likeness (QED) is 0.834. The fraction of sp³-hybridized carbons (Fsp3) is 0.467. The number of amides is 1. The summed E-state index contributed by atoms with van der Waals surface area (Å²) in [5, 5.41) is 3.10. The Morgan fingerprint density at radius 2 is 1.53 bits per heavy atom. The lowest BCUT2D eigenvalue weighted by atomic mass is 10.0. The maximum Gasteiger partial charge on any atom is 0.251 e. The van der Waals surface area contributed by atoms with Gasteiger partial charge in [-0.1, -0.05) is 52.0 Å². The standard InChI is InChI=1S/C15H20N2OS/c1-14(2)13(15(14,3)4)17-12(18)10-7-5-9(6-8-10)11(16)19/h5-8,13H,1-4H3,(H2,16,19)(H,17,18). The van der Waals surface area contributed by atoms with Crippen LogP contribution in [0.5, 0.6) is 0 Å². The Bertz CT molecular complexity index is 518. The van der Waals surface area contributed by atoms with E-state index in [1.165, 1.54) is 0 Å². The molecular formula is C15H20N2OS. The molecule has 2 rings (SSSR count). The molecule has 3 N–H and O–H groups in total. The third kappa shape index (κ3) is 2.25. The molecule has 19 heavy (non-hydrogen) atoms. The second kappa shape index (κ2) is 4.30. The van der Waals surface area contributed by atoms with E-state index in [4.69, 9.17) is 18.0 Å². The highest BCUT2D eigenvalue weighted by Gasteiger charge is 2.65. The zero-order valence-corrected chi connectivity index (χ0v) is 12.6. The van der Waals surface area contributed by atoms with Crippen molar-refractivity contribution in [2.45, 2.75) is 33.7 Å². The lowest BCUT2D eigenvalue weighted by Gasteiger charge is -2.07. The molecule has 0 radical (unpaired) electrons. The Balaban J connectivity index is 2.08. The van der Waals surface area contributed by atoms with Gasteiger partial charge < -0.3 is 11.1 Å². The first-order chi connectivity index (χ1) is 8.68. The largest absolute Gasteiger partial charge is 0.389 e. The smallest absolute Gasteiger partial charge is 0.251 e. The van der Waals surface area contributed by atoms with Crippen molar-refractivity contribution in [2.24, 2.45) is 16.6 Å². The predicted octanol–water partition coefficient (Wildman–Crippen LogP) is 2.49. The second-order valence-electron chi connectivity index (χ2n) is 6.29. The van der Waals surface area contributed by atoms with Crippen LogP contribution in [0.4, 0.5) is 0 Å². The fourth-order valence-electron chi connectivity index (χ4n) is 2.56. The molecule has 0 unspecified atom stereocenters. The van der Waals surface area contributed by atoms with Crippen LogP contribution < -0.4 is 11.1 Å². The highest BCUT2D eigenvalue weighted by Crippen LogP contribution is 2.62. The molecule has 0 aromatic heterocycles. The molecule has 0 spiro atoms. The van der Waals surface area contributed by atoms with Crippen LogP contribution in [0.15, 0.2) is 24.3 Å². The number of hydrogen-bond acceptors (Lipinski definition) is 2. The van der Waals surface area contributed by atoms with Gasteiger partial charge in [0.25, 0.3) is 5.91 Å². The Morgan fingerprint density at radius 3 is 1.89 bits per heavy atom. The minimum atomic E-state index is -0.0434. The molecule has 0 aliphatic heterocycles. The van der Waals surface area contributed by atoms with Crippen LogP contribution in [-0.2, 0) is 0 Å². The highest BCUT2D eigenvalue weighted by molar-refractivity contribution is 7.80. The van der Waals surface area contributed by atoms with Crippen molar-refractivity contribution >= 4 is 23.1 Å². The molecule has 1 saturated carbocycles. The lowest BCUT2D eigenvalue weighted by Crippen LogP contribution is -2.29. The summed E-state index contributed by atoms with van der Waals surface area (Å²) in [5.41, 5.74) is 7.23. The first-order valence-electron chi connectivity index (χ1n) is 6.38. The van der Waals surface area contributed by atoms with Crippen LogP contribution in [0, 0.1) is 10.8 Å². The molecule has 1 aliphatic carbocycles. The van der Waals surface area contributed by atoms with E-state index in [0.717, 1.165) is 5.56 Å². The number of hydrogen-bond donors (Lipinski definition) is 2. The van der Waals surface area contributed by atoms with Crippen molar-refractivity contribution < 1.29 is 4.79 Å². The van der Waals surface area contributed by atoms with E-state index in [0.29, 0.717) is 10.6 Å². The van der Waals surface area contributed by atoms with Crippen molar-refractivity contribution in [1.29, 1.82) is 0 Å². The molecule has 1 aromatic rings. The molecule has 3 nitrogen and oxygen atoms in total. The number of nitrogens with two attached hydrogens (primary N) is 1. The monoisotopic (exact) mass is 276 g/mol. The van der Waals surface area contributed by atoms with Crippen LogP contribution in [-0.4, -0.2) is 16.9 Å². The van der Waals surface area contributed by atoms with E-state index in [1.54, 1.807) is 24.3 Å². The van der Waals surface area contributed by atoms with Gasteiger partial charge in [0, 0.05) is 17.2 Å². The van der Waals surface area contributed by atoms with Crippen LogP contribution in [0.2, 0.25) is 0 Å². The lowest BCUT2D eigenvalue weighted by molar-refractivity contribution is 0.0943. The van der Waals surface area contributed by atoms with Gasteiger partial charge in [0.15, 0.2) is 0 Å². The van der Waals surface area contributed by atoms with Gasteiger partial charge in [-0.2, -0.15) is 0 Å². The Morgan fingerprint density at radius 1 is 1.11 bits per heavy atom. The van der Waals surface area contributed by atoms with Crippen LogP contribution in [0.25, 0.3) is 0 Å². The number of benzene rings is 1. The van der Waals surface area contributed by atoms with Crippen LogP contribution in [0.1, 0.15) is 43.6 Å². The van der Waals surface area contributed by atoms with E-state index in [-0.39, 0.29) is 22.8 Å². The van der Waals surface area contributed by atoms with Crippen molar-refractivity contribution in [3.63, 3.8) is 0 Å². The molecule has 1 aliphatic rings. The van der Waals surface area contributed by atoms with Crippen LogP contribution >= 0.6 is 12.2 Å². The summed E-state index contributed by atoms with van der Waals surface area (Å²) in [6, 6.07) is 7.28. The predicted molar refractivity (Wildman–Crippen MR) is 81.1 cm³/mol. The van der Waals surface area contributed by atoms with Crippen molar-refractivity contribution in [2.75, 3.05) is 0 Å². The summed E-state index contributed by atoms with van der Waals surface area (Å²) in [6.07, 6.45) is 0. The fourth-order valence-corrected chi connectivity index (χ4v) is 2.69. The van der Waals surface area contributed by atoms with E-state index < -0.39 is 0 Å². The number of thiocarbonyl (C=S) groups is 1. The van der Waals surface area contributed by atoms with Gasteiger partial charge in [-0.15, -0.1) is 0 Å². The molecule has 1 aromatic carbocycles. The summed E-state index contributed by atoms with van der Waals surface area (Å²) in [4.78, 5) is 12.5. The molecular weight excluding hydrogens is 256 g/mol. The van der Waals surface area contributed by atoms with Gasteiger partial charge in [-0.25, -0.2) is 0 Å². The molecule has 1 fully saturated rings. The molecule has 0 heterocycles. The molecule has 1 amide bonds. The number of carbonyl (C=O) groups excluding carboxylic acids is 1. The van der Waals surface area contributed by atoms with Crippen molar-refractivity contribution in [3.05, 3.63) is 35.4 Å². The van der Waals surface area contributed by atoms with Crippen LogP contribution in [0.3, 0.4) is 0 Å². The first kappa shape index (κ1) is 14.0. The summed E-state index contributed by atoms with van der Waals surface area (Å²) in [7, 11) is 0. The number of nitrogens with one attached hydrogen (secondary N) is 1. The molecule has 0 atom stereocenters. The summed E-state index contributed by atoms with van der Waals surface area (Å²) < 4.78 is 0. The third-order valence-electron chi connectivity index (χ3n) is 4.73. The first-order valence-corrected chi connectivity index (χ1v) is 6.79. The normalized spacial score (nSPS) is 19.8. The summed E-state index contributed by atoms with van der Waals surface area (Å²) in [6.45, 7) is 8.70. The Hall–Kier alpha value is -1.42. The zero-order valence-electron chi connectivity index (χ0n) is 11.8.